The second kappa shape index (κ2) is 6.33. The Morgan fingerprint density at radius 1 is 0.905 bits per heavy atom. The minimum Gasteiger partial charge on any atom is -0.323 e. The number of fused-ring (bicyclic) bond motifs is 1. The number of nitrogens with two attached hydrogens (primary N) is 1. The monoisotopic (exact) mass is 293 g/mol. The minimum absolute atomic E-state index is 0.0557. The van der Waals surface area contributed by atoms with Gasteiger partial charge in [-0.15, -0.1) is 11.8 Å². The van der Waals surface area contributed by atoms with Crippen LogP contribution < -0.4 is 5.73 Å². The predicted octanol–water partition coefficient (Wildman–Crippen LogP) is 4.94. The molecular formula is C19H19NS. The molecule has 3 rings (SSSR count). The molecule has 0 bridgehead atoms. The van der Waals surface area contributed by atoms with E-state index in [9.17, 15) is 0 Å². The van der Waals surface area contributed by atoms with Crippen LogP contribution >= 0.6 is 11.8 Å². The van der Waals surface area contributed by atoms with E-state index in [1.807, 2.05) is 11.8 Å². The second-order valence-electron chi connectivity index (χ2n) is 5.34. The van der Waals surface area contributed by atoms with Crippen LogP contribution in [0.3, 0.4) is 0 Å². The van der Waals surface area contributed by atoms with Crippen molar-refractivity contribution in [2.75, 3.05) is 5.75 Å². The Hall–Kier alpha value is -1.77. The van der Waals surface area contributed by atoms with Crippen LogP contribution in [0, 0.1) is 6.92 Å². The molecular weight excluding hydrogens is 274 g/mol. The Morgan fingerprint density at radius 2 is 1.71 bits per heavy atom. The quantitative estimate of drug-likeness (QED) is 0.689. The molecule has 0 radical (unpaired) electrons. The molecule has 2 heteroatoms. The third kappa shape index (κ3) is 3.46. The third-order valence-corrected chi connectivity index (χ3v) is 4.73. The van der Waals surface area contributed by atoms with Gasteiger partial charge in [0.05, 0.1) is 0 Å². The van der Waals surface area contributed by atoms with Gasteiger partial charge in [-0.25, -0.2) is 0 Å². The van der Waals surface area contributed by atoms with E-state index in [-0.39, 0.29) is 6.04 Å². The fraction of sp³-hybridized carbons (Fsp3) is 0.158. The highest BCUT2D eigenvalue weighted by Crippen LogP contribution is 2.26. The first kappa shape index (κ1) is 14.2. The number of hydrogen-bond acceptors (Lipinski definition) is 2. The van der Waals surface area contributed by atoms with Crippen LogP contribution in [0.4, 0.5) is 0 Å². The van der Waals surface area contributed by atoms with Crippen molar-refractivity contribution in [2.24, 2.45) is 5.73 Å². The Bertz CT molecular complexity index is 751. The topological polar surface area (TPSA) is 26.0 Å². The van der Waals surface area contributed by atoms with Gasteiger partial charge in [0.15, 0.2) is 0 Å². The van der Waals surface area contributed by atoms with Crippen LogP contribution in [0.25, 0.3) is 10.8 Å². The maximum atomic E-state index is 6.35. The van der Waals surface area contributed by atoms with Crippen LogP contribution in [0.1, 0.15) is 17.2 Å². The van der Waals surface area contributed by atoms with Gasteiger partial charge in [0, 0.05) is 16.7 Å². The van der Waals surface area contributed by atoms with Crippen molar-refractivity contribution in [3.05, 3.63) is 77.9 Å². The zero-order valence-electron chi connectivity index (χ0n) is 12.1. The summed E-state index contributed by atoms with van der Waals surface area (Å²) in [5.74, 6) is 0.891. The van der Waals surface area contributed by atoms with Crippen molar-refractivity contribution in [3.63, 3.8) is 0 Å². The van der Waals surface area contributed by atoms with E-state index < -0.39 is 0 Å². The molecule has 0 aromatic heterocycles. The first-order chi connectivity index (χ1) is 10.2. The molecule has 0 heterocycles. The minimum atomic E-state index is 0.0557. The molecule has 3 aromatic rings. The van der Waals surface area contributed by atoms with Crippen molar-refractivity contribution < 1.29 is 0 Å². The summed E-state index contributed by atoms with van der Waals surface area (Å²) < 4.78 is 0. The van der Waals surface area contributed by atoms with Gasteiger partial charge < -0.3 is 5.73 Å². The van der Waals surface area contributed by atoms with Crippen molar-refractivity contribution in [3.8, 4) is 0 Å². The lowest BCUT2D eigenvalue weighted by molar-refractivity contribution is 0.833. The van der Waals surface area contributed by atoms with Crippen LogP contribution in [0.15, 0.2) is 71.6 Å². The van der Waals surface area contributed by atoms with Crippen molar-refractivity contribution in [2.45, 2.75) is 17.9 Å². The highest BCUT2D eigenvalue weighted by molar-refractivity contribution is 7.99. The first-order valence-corrected chi connectivity index (χ1v) is 8.15. The van der Waals surface area contributed by atoms with Crippen molar-refractivity contribution >= 4 is 22.5 Å². The van der Waals surface area contributed by atoms with Gasteiger partial charge in [-0.1, -0.05) is 54.1 Å². The summed E-state index contributed by atoms with van der Waals surface area (Å²) in [6.07, 6.45) is 0. The van der Waals surface area contributed by atoms with Crippen LogP contribution in [-0.4, -0.2) is 5.75 Å². The molecule has 3 aromatic carbocycles. The Kier molecular flexibility index (Phi) is 4.28. The fourth-order valence-electron chi connectivity index (χ4n) is 2.43. The molecule has 1 nitrogen and oxygen atoms in total. The molecule has 0 spiro atoms. The Morgan fingerprint density at radius 3 is 2.52 bits per heavy atom. The third-order valence-electron chi connectivity index (χ3n) is 3.62. The van der Waals surface area contributed by atoms with Gasteiger partial charge in [0.25, 0.3) is 0 Å². The molecule has 0 aliphatic carbocycles. The van der Waals surface area contributed by atoms with Gasteiger partial charge in [-0.2, -0.15) is 0 Å². The van der Waals surface area contributed by atoms with E-state index in [0.29, 0.717) is 0 Å². The standard InChI is InChI=1S/C19H19NS/c1-14-5-4-8-18(11-14)21-13-19(20)17-10-9-15-6-2-3-7-16(15)12-17/h2-12,19H,13,20H2,1H3. The SMILES string of the molecule is Cc1cccc(SCC(N)c2ccc3ccccc3c2)c1. The summed E-state index contributed by atoms with van der Waals surface area (Å²) in [6, 6.07) is 23.5. The lowest BCUT2D eigenvalue weighted by Gasteiger charge is -2.13. The number of hydrogen-bond donors (Lipinski definition) is 1. The Labute approximate surface area is 130 Å². The summed E-state index contributed by atoms with van der Waals surface area (Å²) in [6.45, 7) is 2.12. The normalized spacial score (nSPS) is 12.5. The number of benzene rings is 3. The van der Waals surface area contributed by atoms with Gasteiger partial charge in [0.2, 0.25) is 0 Å². The summed E-state index contributed by atoms with van der Waals surface area (Å²) in [7, 11) is 0. The smallest absolute Gasteiger partial charge is 0.0390 e. The largest absolute Gasteiger partial charge is 0.323 e. The molecule has 0 saturated heterocycles. The molecule has 0 saturated carbocycles. The van der Waals surface area contributed by atoms with Crippen LogP contribution in [0.2, 0.25) is 0 Å². The molecule has 0 fully saturated rings. The molecule has 106 valence electrons. The molecule has 0 amide bonds. The maximum Gasteiger partial charge on any atom is 0.0390 e. The zero-order chi connectivity index (χ0) is 14.7. The molecule has 2 N–H and O–H groups in total. The number of thioether (sulfide) groups is 1. The summed E-state index contributed by atoms with van der Waals surface area (Å²) in [5, 5.41) is 2.52. The van der Waals surface area contributed by atoms with Gasteiger partial charge in [0.1, 0.15) is 0 Å². The molecule has 0 aliphatic rings. The average molecular weight is 293 g/mol. The van der Waals surface area contributed by atoms with Crippen LogP contribution in [0.5, 0.6) is 0 Å². The van der Waals surface area contributed by atoms with E-state index in [2.05, 4.69) is 73.7 Å². The van der Waals surface area contributed by atoms with E-state index in [1.165, 1.54) is 26.8 Å². The second-order valence-corrected chi connectivity index (χ2v) is 6.43. The molecule has 21 heavy (non-hydrogen) atoms. The fourth-order valence-corrected chi connectivity index (χ4v) is 3.43. The summed E-state index contributed by atoms with van der Waals surface area (Å²) in [5.41, 5.74) is 8.84. The van der Waals surface area contributed by atoms with E-state index >= 15 is 0 Å². The maximum absolute atomic E-state index is 6.35. The average Bonchev–Trinajstić information content (AvgIpc) is 2.52. The highest BCUT2D eigenvalue weighted by Gasteiger charge is 2.07. The number of aryl methyl sites for hydroxylation is 1. The van der Waals surface area contributed by atoms with Gasteiger partial charge in [-0.3, -0.25) is 0 Å². The van der Waals surface area contributed by atoms with Crippen molar-refractivity contribution in [1.82, 2.24) is 0 Å². The lowest BCUT2D eigenvalue weighted by atomic mass is 10.0. The first-order valence-electron chi connectivity index (χ1n) is 7.16. The summed E-state index contributed by atoms with van der Waals surface area (Å²) >= 11 is 1.82. The zero-order valence-corrected chi connectivity index (χ0v) is 12.9. The van der Waals surface area contributed by atoms with Crippen LogP contribution in [-0.2, 0) is 0 Å². The van der Waals surface area contributed by atoms with Gasteiger partial charge >= 0.3 is 0 Å². The molecule has 0 aliphatic heterocycles. The van der Waals surface area contributed by atoms with E-state index in [0.717, 1.165) is 5.75 Å². The summed E-state index contributed by atoms with van der Waals surface area (Å²) in [4.78, 5) is 1.28. The Balaban J connectivity index is 1.73. The van der Waals surface area contributed by atoms with Crippen molar-refractivity contribution in [1.29, 1.82) is 0 Å². The molecule has 1 atom stereocenters. The van der Waals surface area contributed by atoms with Gasteiger partial charge in [-0.05, 0) is 41.5 Å². The highest BCUT2D eigenvalue weighted by atomic mass is 32.2. The lowest BCUT2D eigenvalue weighted by Crippen LogP contribution is -2.12. The van der Waals surface area contributed by atoms with E-state index in [1.54, 1.807) is 0 Å². The van der Waals surface area contributed by atoms with E-state index in [4.69, 9.17) is 5.73 Å². The molecule has 1 unspecified atom stereocenters. The number of rotatable bonds is 4. The predicted molar refractivity (Wildman–Crippen MR) is 92.8 cm³/mol.